The highest BCUT2D eigenvalue weighted by Gasteiger charge is 2.30. The van der Waals surface area contributed by atoms with Gasteiger partial charge in [0.05, 0.1) is 16.6 Å². The zero-order valence-corrected chi connectivity index (χ0v) is 12.2. The number of hydrogen-bond donors (Lipinski definition) is 1. The molecule has 1 aliphatic rings. The predicted molar refractivity (Wildman–Crippen MR) is 81.0 cm³/mol. The van der Waals surface area contributed by atoms with Crippen LogP contribution in [0.5, 0.6) is 0 Å². The van der Waals surface area contributed by atoms with Crippen LogP contribution in [0, 0.1) is 27.4 Å². The minimum absolute atomic E-state index is 0.0116. The fourth-order valence-electron chi connectivity index (χ4n) is 3.03. The SMILES string of the molecule is CCC1CCN(c2ccc(C#N)cc2[N+](=O)[O-])C(CN)C1. The average molecular weight is 288 g/mol. The highest BCUT2D eigenvalue weighted by molar-refractivity contribution is 5.66. The summed E-state index contributed by atoms with van der Waals surface area (Å²) in [4.78, 5) is 12.9. The van der Waals surface area contributed by atoms with Gasteiger partial charge in [-0.25, -0.2) is 0 Å². The second-order valence-electron chi connectivity index (χ2n) is 5.45. The van der Waals surface area contributed by atoms with E-state index in [1.807, 2.05) is 11.0 Å². The molecule has 0 aliphatic carbocycles. The molecular formula is C15H20N4O2. The lowest BCUT2D eigenvalue weighted by Crippen LogP contribution is -2.47. The van der Waals surface area contributed by atoms with Gasteiger partial charge in [0.2, 0.25) is 0 Å². The van der Waals surface area contributed by atoms with Crippen LogP contribution in [0.1, 0.15) is 31.7 Å². The smallest absolute Gasteiger partial charge is 0.293 e. The van der Waals surface area contributed by atoms with Crippen molar-refractivity contribution in [3.05, 3.63) is 33.9 Å². The van der Waals surface area contributed by atoms with Crippen LogP contribution in [-0.4, -0.2) is 24.1 Å². The number of benzene rings is 1. The minimum Gasteiger partial charge on any atom is -0.362 e. The van der Waals surface area contributed by atoms with Gasteiger partial charge >= 0.3 is 0 Å². The molecule has 6 nitrogen and oxygen atoms in total. The van der Waals surface area contributed by atoms with Crippen LogP contribution in [0.2, 0.25) is 0 Å². The summed E-state index contributed by atoms with van der Waals surface area (Å²) in [6, 6.07) is 6.71. The second-order valence-corrected chi connectivity index (χ2v) is 5.45. The first-order valence-electron chi connectivity index (χ1n) is 7.26. The third-order valence-electron chi connectivity index (χ3n) is 4.28. The summed E-state index contributed by atoms with van der Waals surface area (Å²) in [5, 5.41) is 20.2. The fourth-order valence-corrected chi connectivity index (χ4v) is 3.03. The van der Waals surface area contributed by atoms with Crippen molar-refractivity contribution in [3.63, 3.8) is 0 Å². The third kappa shape index (κ3) is 3.14. The number of anilines is 1. The van der Waals surface area contributed by atoms with Crippen molar-refractivity contribution >= 4 is 11.4 Å². The van der Waals surface area contributed by atoms with E-state index in [1.54, 1.807) is 12.1 Å². The lowest BCUT2D eigenvalue weighted by atomic mass is 9.88. The molecule has 112 valence electrons. The van der Waals surface area contributed by atoms with Crippen molar-refractivity contribution in [2.45, 2.75) is 32.2 Å². The van der Waals surface area contributed by atoms with Gasteiger partial charge in [-0.2, -0.15) is 5.26 Å². The first-order chi connectivity index (χ1) is 10.1. The van der Waals surface area contributed by atoms with E-state index in [-0.39, 0.29) is 11.7 Å². The van der Waals surface area contributed by atoms with Crippen molar-refractivity contribution in [1.82, 2.24) is 0 Å². The molecule has 1 saturated heterocycles. The molecule has 21 heavy (non-hydrogen) atoms. The Balaban J connectivity index is 2.36. The molecule has 0 spiro atoms. The first kappa shape index (κ1) is 15.3. The number of nitro groups is 1. The largest absolute Gasteiger partial charge is 0.362 e. The van der Waals surface area contributed by atoms with Crippen LogP contribution in [0.15, 0.2) is 18.2 Å². The summed E-state index contributed by atoms with van der Waals surface area (Å²) in [5.41, 5.74) is 6.73. The lowest BCUT2D eigenvalue weighted by molar-refractivity contribution is -0.384. The molecule has 0 bridgehead atoms. The van der Waals surface area contributed by atoms with Gasteiger partial charge in [-0.1, -0.05) is 13.3 Å². The molecule has 2 atom stereocenters. The van der Waals surface area contributed by atoms with Gasteiger partial charge < -0.3 is 10.6 Å². The summed E-state index contributed by atoms with van der Waals surface area (Å²) in [7, 11) is 0. The summed E-state index contributed by atoms with van der Waals surface area (Å²) >= 11 is 0. The van der Waals surface area contributed by atoms with Crippen LogP contribution in [0.4, 0.5) is 11.4 Å². The maximum atomic E-state index is 11.3. The number of piperidine rings is 1. The number of nitrogens with two attached hydrogens (primary N) is 1. The van der Waals surface area contributed by atoms with Crippen molar-refractivity contribution in [1.29, 1.82) is 5.26 Å². The van der Waals surface area contributed by atoms with Crippen LogP contribution < -0.4 is 10.6 Å². The molecule has 1 fully saturated rings. The molecule has 2 rings (SSSR count). The molecule has 6 heteroatoms. The molecule has 1 aromatic rings. The maximum Gasteiger partial charge on any atom is 0.293 e. The van der Waals surface area contributed by atoms with Crippen LogP contribution in [0.25, 0.3) is 0 Å². The molecule has 1 aliphatic heterocycles. The Labute approximate surface area is 124 Å². The van der Waals surface area contributed by atoms with Crippen molar-refractivity contribution < 1.29 is 4.92 Å². The van der Waals surface area contributed by atoms with Gasteiger partial charge in [0.15, 0.2) is 0 Å². The monoisotopic (exact) mass is 288 g/mol. The molecule has 2 unspecified atom stereocenters. The Morgan fingerprint density at radius 3 is 2.90 bits per heavy atom. The van der Waals surface area contributed by atoms with E-state index < -0.39 is 4.92 Å². The van der Waals surface area contributed by atoms with Crippen molar-refractivity contribution in [2.24, 2.45) is 11.7 Å². The standard InChI is InChI=1S/C15H20N4O2/c1-2-11-5-6-18(13(7-11)10-17)14-4-3-12(9-16)8-15(14)19(20)21/h3-4,8,11,13H,2,5-7,10,17H2,1H3. The second kappa shape index (κ2) is 6.55. The van der Waals surface area contributed by atoms with E-state index >= 15 is 0 Å². The van der Waals surface area contributed by atoms with Crippen LogP contribution >= 0.6 is 0 Å². The van der Waals surface area contributed by atoms with Gasteiger partial charge in [-0.15, -0.1) is 0 Å². The van der Waals surface area contributed by atoms with Crippen molar-refractivity contribution in [2.75, 3.05) is 18.0 Å². The molecule has 0 aromatic heterocycles. The van der Waals surface area contributed by atoms with E-state index in [2.05, 4.69) is 6.92 Å². The van der Waals surface area contributed by atoms with Gasteiger partial charge in [-0.3, -0.25) is 10.1 Å². The Kier molecular flexibility index (Phi) is 4.76. The normalized spacial score (nSPS) is 21.9. The fraction of sp³-hybridized carbons (Fsp3) is 0.533. The Bertz CT molecular complexity index is 567. The third-order valence-corrected chi connectivity index (χ3v) is 4.28. The Morgan fingerprint density at radius 1 is 1.57 bits per heavy atom. The van der Waals surface area contributed by atoms with Crippen molar-refractivity contribution in [3.8, 4) is 6.07 Å². The van der Waals surface area contributed by atoms with Gasteiger partial charge in [0.25, 0.3) is 5.69 Å². The van der Waals surface area contributed by atoms with E-state index in [9.17, 15) is 10.1 Å². The summed E-state index contributed by atoms with van der Waals surface area (Å²) in [6.07, 6.45) is 3.09. The highest BCUT2D eigenvalue weighted by Crippen LogP contribution is 2.35. The van der Waals surface area contributed by atoms with E-state index in [0.29, 0.717) is 23.7 Å². The molecule has 0 radical (unpaired) electrons. The highest BCUT2D eigenvalue weighted by atomic mass is 16.6. The van der Waals surface area contributed by atoms with Gasteiger partial charge in [0.1, 0.15) is 5.69 Å². The molecular weight excluding hydrogens is 268 g/mol. The predicted octanol–water partition coefficient (Wildman–Crippen LogP) is 2.42. The molecule has 0 amide bonds. The first-order valence-corrected chi connectivity index (χ1v) is 7.26. The number of nitro benzene ring substituents is 1. The van der Waals surface area contributed by atoms with Crippen LogP contribution in [-0.2, 0) is 0 Å². The van der Waals surface area contributed by atoms with Crippen LogP contribution in [0.3, 0.4) is 0 Å². The number of nitriles is 1. The topological polar surface area (TPSA) is 96.2 Å². The Hall–Kier alpha value is -2.13. The number of rotatable bonds is 4. The van der Waals surface area contributed by atoms with Gasteiger partial charge in [0, 0.05) is 25.2 Å². The quantitative estimate of drug-likeness (QED) is 0.678. The molecule has 0 saturated carbocycles. The van der Waals surface area contributed by atoms with E-state index in [1.165, 1.54) is 6.07 Å². The molecule has 1 aromatic carbocycles. The zero-order valence-electron chi connectivity index (χ0n) is 12.2. The lowest BCUT2D eigenvalue weighted by Gasteiger charge is -2.40. The van der Waals surface area contributed by atoms with E-state index in [0.717, 1.165) is 25.8 Å². The number of hydrogen-bond acceptors (Lipinski definition) is 5. The van der Waals surface area contributed by atoms with Gasteiger partial charge in [-0.05, 0) is 30.9 Å². The number of nitrogens with zero attached hydrogens (tertiary/aromatic N) is 3. The summed E-state index contributed by atoms with van der Waals surface area (Å²) in [6.45, 7) is 3.42. The summed E-state index contributed by atoms with van der Waals surface area (Å²) < 4.78 is 0. The molecule has 2 N–H and O–H groups in total. The molecule has 1 heterocycles. The zero-order chi connectivity index (χ0) is 15.4. The summed E-state index contributed by atoms with van der Waals surface area (Å²) in [5.74, 6) is 0.632. The van der Waals surface area contributed by atoms with E-state index in [4.69, 9.17) is 11.0 Å². The Morgan fingerprint density at radius 2 is 2.33 bits per heavy atom. The minimum atomic E-state index is -0.421. The maximum absolute atomic E-state index is 11.3. The average Bonchev–Trinajstić information content (AvgIpc) is 2.53.